The maximum absolute atomic E-state index is 11.3. The van der Waals surface area contributed by atoms with Crippen LogP contribution in [0.4, 0.5) is 0 Å². The Bertz CT molecular complexity index is 365. The number of hydrogen-bond donors (Lipinski definition) is 1. The highest BCUT2D eigenvalue weighted by atomic mass is 32.2. The molecule has 6 nitrogen and oxygen atoms in total. The summed E-state index contributed by atoms with van der Waals surface area (Å²) in [7, 11) is -2.18. The summed E-state index contributed by atoms with van der Waals surface area (Å²) in [6.45, 7) is 13.7. The molecular formula is C14H33N2O4S+. The maximum Gasteiger partial charge on any atom is 0.267 e. The molecule has 1 amide bonds. The topological polar surface area (TPSA) is 72.5 Å². The SMILES string of the molecule is CC.CC[N+](CC)(CCCS(=O)(=O)OC)CCNC(C)=O. The fourth-order valence-corrected chi connectivity index (χ4v) is 2.75. The highest BCUT2D eigenvalue weighted by Crippen LogP contribution is 2.08. The van der Waals surface area contributed by atoms with E-state index >= 15 is 0 Å². The van der Waals surface area contributed by atoms with Crippen molar-refractivity contribution in [3.8, 4) is 0 Å². The van der Waals surface area contributed by atoms with Crippen LogP contribution in [-0.2, 0) is 19.1 Å². The van der Waals surface area contributed by atoms with E-state index < -0.39 is 10.1 Å². The summed E-state index contributed by atoms with van der Waals surface area (Å²) in [4.78, 5) is 10.9. The summed E-state index contributed by atoms with van der Waals surface area (Å²) in [5.74, 6) is 0.0103. The zero-order chi connectivity index (χ0) is 16.9. The van der Waals surface area contributed by atoms with Gasteiger partial charge in [0.1, 0.15) is 0 Å². The monoisotopic (exact) mass is 325 g/mol. The second-order valence-corrected chi connectivity index (χ2v) is 6.54. The number of carbonyl (C=O) groups excluding carboxylic acids is 1. The van der Waals surface area contributed by atoms with E-state index in [2.05, 4.69) is 23.3 Å². The molecule has 0 aromatic carbocycles. The fraction of sp³-hybridized carbons (Fsp3) is 0.929. The Kier molecular flexibility index (Phi) is 12.9. The van der Waals surface area contributed by atoms with Gasteiger partial charge < -0.3 is 9.80 Å². The average molecular weight is 325 g/mol. The van der Waals surface area contributed by atoms with Crippen molar-refractivity contribution in [3.05, 3.63) is 0 Å². The second-order valence-electron chi connectivity index (χ2n) is 4.69. The van der Waals surface area contributed by atoms with Gasteiger partial charge in [-0.15, -0.1) is 0 Å². The summed E-state index contributed by atoms with van der Waals surface area (Å²) < 4.78 is 27.8. The highest BCUT2D eigenvalue weighted by molar-refractivity contribution is 7.86. The Morgan fingerprint density at radius 2 is 1.67 bits per heavy atom. The molecule has 0 saturated carbocycles. The molecule has 0 fully saturated rings. The minimum Gasteiger partial charge on any atom is -0.351 e. The predicted octanol–water partition coefficient (Wildman–Crippen LogP) is 1.37. The normalized spacial score (nSPS) is 11.5. The van der Waals surface area contributed by atoms with Crippen LogP contribution in [0.3, 0.4) is 0 Å². The van der Waals surface area contributed by atoms with E-state index in [1.807, 2.05) is 13.8 Å². The molecule has 0 aliphatic heterocycles. The van der Waals surface area contributed by atoms with Gasteiger partial charge in [0, 0.05) is 13.3 Å². The molecule has 0 aromatic rings. The first-order valence-corrected chi connectivity index (χ1v) is 9.26. The highest BCUT2D eigenvalue weighted by Gasteiger charge is 2.23. The minimum atomic E-state index is -3.37. The Morgan fingerprint density at radius 3 is 2.05 bits per heavy atom. The standard InChI is InChI=1S/C12H26N2O4S.C2H6/c1-5-14(6-2,10-8-13-12(3)15)9-7-11-19(16,17)18-4;1-2/h5-11H2,1-4H3;1-2H3/p+1. The number of amides is 1. The molecule has 1 N–H and O–H groups in total. The minimum absolute atomic E-state index is 0.0349. The van der Waals surface area contributed by atoms with E-state index in [0.717, 1.165) is 30.7 Å². The number of hydrogen-bond acceptors (Lipinski definition) is 4. The van der Waals surface area contributed by atoms with Gasteiger partial charge in [-0.2, -0.15) is 8.42 Å². The Morgan fingerprint density at radius 1 is 1.14 bits per heavy atom. The third-order valence-corrected chi connectivity index (χ3v) is 4.88. The number of likely N-dealkylation sites (N-methyl/N-ethyl adjacent to an activating group) is 1. The molecule has 7 heteroatoms. The van der Waals surface area contributed by atoms with Crippen LogP contribution in [0, 0.1) is 0 Å². The van der Waals surface area contributed by atoms with Crippen molar-refractivity contribution in [2.45, 2.75) is 41.0 Å². The first-order valence-electron chi connectivity index (χ1n) is 7.68. The van der Waals surface area contributed by atoms with Crippen LogP contribution in [0.5, 0.6) is 0 Å². The molecule has 21 heavy (non-hydrogen) atoms. The maximum atomic E-state index is 11.3. The Balaban J connectivity index is 0. The number of quaternary nitrogens is 1. The number of nitrogens with one attached hydrogen (secondary N) is 1. The van der Waals surface area contributed by atoms with Crippen molar-refractivity contribution in [2.24, 2.45) is 0 Å². The van der Waals surface area contributed by atoms with Crippen molar-refractivity contribution in [2.75, 3.05) is 45.6 Å². The van der Waals surface area contributed by atoms with Gasteiger partial charge in [0.2, 0.25) is 5.91 Å². The zero-order valence-electron chi connectivity index (χ0n) is 14.4. The van der Waals surface area contributed by atoms with Gasteiger partial charge in [-0.05, 0) is 13.8 Å². The van der Waals surface area contributed by atoms with Crippen molar-refractivity contribution in [3.63, 3.8) is 0 Å². The van der Waals surface area contributed by atoms with E-state index in [-0.39, 0.29) is 11.7 Å². The smallest absolute Gasteiger partial charge is 0.267 e. The molecular weight excluding hydrogens is 292 g/mol. The van der Waals surface area contributed by atoms with E-state index in [9.17, 15) is 13.2 Å². The molecule has 0 aromatic heterocycles. The predicted molar refractivity (Wildman–Crippen MR) is 86.5 cm³/mol. The van der Waals surface area contributed by atoms with Crippen LogP contribution in [0.2, 0.25) is 0 Å². The largest absolute Gasteiger partial charge is 0.351 e. The van der Waals surface area contributed by atoms with E-state index in [0.29, 0.717) is 13.0 Å². The van der Waals surface area contributed by atoms with Gasteiger partial charge in [-0.3, -0.25) is 8.98 Å². The fourth-order valence-electron chi connectivity index (χ4n) is 2.10. The lowest BCUT2D eigenvalue weighted by molar-refractivity contribution is -0.923. The van der Waals surface area contributed by atoms with Gasteiger partial charge >= 0.3 is 0 Å². The van der Waals surface area contributed by atoms with Gasteiger partial charge in [-0.1, -0.05) is 13.8 Å². The molecule has 0 rings (SSSR count). The first-order chi connectivity index (χ1) is 9.81. The summed E-state index contributed by atoms with van der Waals surface area (Å²) >= 11 is 0. The van der Waals surface area contributed by atoms with E-state index in [4.69, 9.17) is 0 Å². The van der Waals surface area contributed by atoms with E-state index in [1.165, 1.54) is 14.0 Å². The zero-order valence-corrected chi connectivity index (χ0v) is 15.3. The molecule has 0 aliphatic carbocycles. The van der Waals surface area contributed by atoms with Crippen LogP contribution in [0.1, 0.15) is 41.0 Å². The number of carbonyl (C=O) groups is 1. The lowest BCUT2D eigenvalue weighted by Gasteiger charge is -2.37. The number of nitrogens with zero attached hydrogens (tertiary/aromatic N) is 1. The van der Waals surface area contributed by atoms with Crippen molar-refractivity contribution >= 4 is 16.0 Å². The van der Waals surface area contributed by atoms with Crippen LogP contribution in [0.25, 0.3) is 0 Å². The first kappa shape index (κ1) is 22.6. The van der Waals surface area contributed by atoms with Gasteiger partial charge in [0.05, 0.1) is 45.6 Å². The third kappa shape index (κ3) is 10.7. The molecule has 0 radical (unpaired) electrons. The lowest BCUT2D eigenvalue weighted by atomic mass is 10.3. The third-order valence-electron chi connectivity index (χ3n) is 3.58. The summed E-state index contributed by atoms with van der Waals surface area (Å²) in [6.07, 6.45) is 0.567. The van der Waals surface area contributed by atoms with Gasteiger partial charge in [0.25, 0.3) is 10.1 Å². The van der Waals surface area contributed by atoms with Crippen LogP contribution < -0.4 is 5.32 Å². The molecule has 128 valence electrons. The van der Waals surface area contributed by atoms with Crippen molar-refractivity contribution in [1.82, 2.24) is 5.32 Å². The molecule has 0 spiro atoms. The lowest BCUT2D eigenvalue weighted by Crippen LogP contribution is -2.52. The van der Waals surface area contributed by atoms with Crippen molar-refractivity contribution in [1.29, 1.82) is 0 Å². The molecule has 0 saturated heterocycles. The van der Waals surface area contributed by atoms with Crippen LogP contribution >= 0.6 is 0 Å². The molecule has 0 atom stereocenters. The molecule has 0 heterocycles. The van der Waals surface area contributed by atoms with E-state index in [1.54, 1.807) is 0 Å². The second kappa shape index (κ2) is 11.9. The Hall–Kier alpha value is -0.660. The summed E-state index contributed by atoms with van der Waals surface area (Å²) in [6, 6.07) is 0. The van der Waals surface area contributed by atoms with Crippen molar-refractivity contribution < 1.29 is 21.9 Å². The Labute approximate surface area is 130 Å². The van der Waals surface area contributed by atoms with Gasteiger partial charge in [-0.25, -0.2) is 0 Å². The van der Waals surface area contributed by atoms with Gasteiger partial charge in [0.15, 0.2) is 0 Å². The van der Waals surface area contributed by atoms with Crippen LogP contribution in [-0.4, -0.2) is 64.4 Å². The quantitative estimate of drug-likeness (QED) is 0.486. The summed E-state index contributed by atoms with van der Waals surface area (Å²) in [5.41, 5.74) is 0. The van der Waals surface area contributed by atoms with Crippen LogP contribution in [0.15, 0.2) is 0 Å². The molecule has 0 unspecified atom stereocenters. The number of rotatable bonds is 10. The molecule has 0 bridgehead atoms. The summed E-state index contributed by atoms with van der Waals surface area (Å²) in [5, 5.41) is 2.79. The average Bonchev–Trinajstić information content (AvgIpc) is 2.47. The molecule has 0 aliphatic rings.